The van der Waals surface area contributed by atoms with E-state index in [1.165, 1.54) is 29.2 Å². The van der Waals surface area contributed by atoms with Gasteiger partial charge in [-0.2, -0.15) is 13.2 Å². The van der Waals surface area contributed by atoms with Gasteiger partial charge in [-0.25, -0.2) is 9.78 Å². The topological polar surface area (TPSA) is 115 Å². The van der Waals surface area contributed by atoms with Crippen molar-refractivity contribution in [2.45, 2.75) is 45.2 Å². The number of nitrogens with zero attached hydrogens (tertiary/aromatic N) is 2. The van der Waals surface area contributed by atoms with E-state index in [9.17, 15) is 32.3 Å². The van der Waals surface area contributed by atoms with Gasteiger partial charge in [0.1, 0.15) is 5.69 Å². The molecular formula is C38H36F3N3O6. The number of benzene rings is 3. The van der Waals surface area contributed by atoms with Crippen LogP contribution < -0.4 is 5.32 Å². The fraction of sp³-hybridized carbons (Fsp3) is 0.289. The van der Waals surface area contributed by atoms with Crippen LogP contribution in [0.25, 0.3) is 11.1 Å². The highest BCUT2D eigenvalue weighted by atomic mass is 19.4. The van der Waals surface area contributed by atoms with Crippen LogP contribution in [0.2, 0.25) is 0 Å². The first-order chi connectivity index (χ1) is 23.8. The van der Waals surface area contributed by atoms with E-state index >= 15 is 0 Å². The lowest BCUT2D eigenvalue weighted by molar-refractivity contribution is -0.143. The first kappa shape index (κ1) is 35.8. The summed E-state index contributed by atoms with van der Waals surface area (Å²) >= 11 is 0. The van der Waals surface area contributed by atoms with E-state index in [4.69, 9.17) is 9.47 Å². The van der Waals surface area contributed by atoms with Gasteiger partial charge in [-0.1, -0.05) is 36.4 Å². The van der Waals surface area contributed by atoms with Crippen molar-refractivity contribution in [3.05, 3.63) is 118 Å². The van der Waals surface area contributed by atoms with Crippen molar-refractivity contribution in [1.82, 2.24) is 9.88 Å². The number of esters is 2. The minimum atomic E-state index is -4.50. The molecule has 2 amide bonds. The summed E-state index contributed by atoms with van der Waals surface area (Å²) in [6.45, 7) is 3.77. The number of pyridine rings is 1. The average molecular weight is 688 g/mol. The number of hydrogen-bond acceptors (Lipinski definition) is 7. The third-order valence-electron chi connectivity index (χ3n) is 8.43. The van der Waals surface area contributed by atoms with Crippen molar-refractivity contribution in [1.29, 1.82) is 0 Å². The van der Waals surface area contributed by atoms with Gasteiger partial charge in [0, 0.05) is 25.6 Å². The molecule has 0 radical (unpaired) electrons. The molecule has 260 valence electrons. The van der Waals surface area contributed by atoms with Crippen LogP contribution in [0.3, 0.4) is 0 Å². The number of hydrogen-bond donors (Lipinski definition) is 1. The number of fused-ring (bicyclic) bond motifs is 1. The second-order valence-electron chi connectivity index (χ2n) is 12.2. The SMILES string of the molecule is CCOC(=O)c1ccc2c(n1)C(COC(=O)Cc1ccc(NC(=O)c3cccc(C)c3-c3ccc(C(F)(F)F)cc3)c(C(=O)N(C)C)c1)CC2. The van der Waals surface area contributed by atoms with Gasteiger partial charge in [-0.15, -0.1) is 0 Å². The summed E-state index contributed by atoms with van der Waals surface area (Å²) in [6.07, 6.45) is -3.20. The second-order valence-corrected chi connectivity index (χ2v) is 12.2. The standard InChI is InChI=1S/C38H36F3N3O6/c1-5-49-37(48)31-18-14-25-10-11-26(34(25)42-31)21-50-32(45)20-23-9-17-30(29(19-23)36(47)44(3)4)43-35(46)28-8-6-7-22(2)33(28)24-12-15-27(16-13-24)38(39,40)41/h6-9,12-19,26H,5,10-11,20-21H2,1-4H3,(H,43,46). The number of ether oxygens (including phenoxy) is 2. The number of carbonyl (C=O) groups excluding carboxylic acids is 4. The number of aryl methyl sites for hydroxylation is 2. The Morgan fingerprint density at radius 1 is 0.940 bits per heavy atom. The molecule has 1 aliphatic rings. The van der Waals surface area contributed by atoms with E-state index in [0.717, 1.165) is 24.1 Å². The number of amides is 2. The monoisotopic (exact) mass is 687 g/mol. The highest BCUT2D eigenvalue weighted by Gasteiger charge is 2.31. The fourth-order valence-electron chi connectivity index (χ4n) is 5.91. The lowest BCUT2D eigenvalue weighted by Crippen LogP contribution is -2.24. The number of rotatable bonds is 10. The van der Waals surface area contributed by atoms with Crippen molar-refractivity contribution in [2.75, 3.05) is 32.6 Å². The molecule has 0 aliphatic heterocycles. The minimum Gasteiger partial charge on any atom is -0.465 e. The zero-order valence-corrected chi connectivity index (χ0v) is 28.0. The Kier molecular flexibility index (Phi) is 10.7. The fourth-order valence-corrected chi connectivity index (χ4v) is 5.91. The van der Waals surface area contributed by atoms with Crippen LogP contribution in [0.1, 0.15) is 78.4 Å². The van der Waals surface area contributed by atoms with E-state index in [1.807, 2.05) is 6.07 Å². The molecule has 0 saturated carbocycles. The molecule has 12 heteroatoms. The first-order valence-electron chi connectivity index (χ1n) is 16.0. The Labute approximate surface area is 287 Å². The van der Waals surface area contributed by atoms with E-state index in [2.05, 4.69) is 10.3 Å². The number of alkyl halides is 3. The second kappa shape index (κ2) is 14.9. The lowest BCUT2D eigenvalue weighted by atomic mass is 9.93. The van der Waals surface area contributed by atoms with Crippen molar-refractivity contribution in [2.24, 2.45) is 0 Å². The molecule has 5 rings (SSSR count). The lowest BCUT2D eigenvalue weighted by Gasteiger charge is -2.18. The maximum atomic E-state index is 13.7. The molecule has 50 heavy (non-hydrogen) atoms. The van der Waals surface area contributed by atoms with Gasteiger partial charge in [0.25, 0.3) is 11.8 Å². The van der Waals surface area contributed by atoms with E-state index in [0.29, 0.717) is 34.4 Å². The maximum Gasteiger partial charge on any atom is 0.416 e. The largest absolute Gasteiger partial charge is 0.465 e. The molecule has 9 nitrogen and oxygen atoms in total. The van der Waals surface area contributed by atoms with Gasteiger partial charge >= 0.3 is 18.1 Å². The number of carbonyl (C=O) groups is 4. The van der Waals surface area contributed by atoms with E-state index in [-0.39, 0.29) is 48.1 Å². The van der Waals surface area contributed by atoms with Crippen molar-refractivity contribution < 1.29 is 41.8 Å². The van der Waals surface area contributed by atoms with Crippen LogP contribution in [0.5, 0.6) is 0 Å². The first-order valence-corrected chi connectivity index (χ1v) is 16.0. The smallest absolute Gasteiger partial charge is 0.416 e. The van der Waals surface area contributed by atoms with Crippen LogP contribution in [0.15, 0.2) is 72.8 Å². The van der Waals surface area contributed by atoms with Crippen LogP contribution in [0, 0.1) is 6.92 Å². The van der Waals surface area contributed by atoms with Crippen molar-refractivity contribution in [3.8, 4) is 11.1 Å². The molecule has 1 atom stereocenters. The Morgan fingerprint density at radius 2 is 1.68 bits per heavy atom. The molecule has 0 bridgehead atoms. The third-order valence-corrected chi connectivity index (χ3v) is 8.43. The Bertz CT molecular complexity index is 1940. The van der Waals surface area contributed by atoms with E-state index < -0.39 is 35.5 Å². The van der Waals surface area contributed by atoms with Gasteiger partial charge in [0.05, 0.1) is 42.1 Å². The average Bonchev–Trinajstić information content (AvgIpc) is 3.49. The minimum absolute atomic E-state index is 0.0699. The predicted molar refractivity (Wildman–Crippen MR) is 180 cm³/mol. The number of anilines is 1. The summed E-state index contributed by atoms with van der Waals surface area (Å²) in [5.41, 5.74) is 3.66. The summed E-state index contributed by atoms with van der Waals surface area (Å²) in [5.74, 6) is -2.21. The van der Waals surface area contributed by atoms with E-state index in [1.54, 1.807) is 58.3 Å². The highest BCUT2D eigenvalue weighted by Crippen LogP contribution is 2.34. The summed E-state index contributed by atoms with van der Waals surface area (Å²) in [5, 5.41) is 2.79. The van der Waals surface area contributed by atoms with Gasteiger partial charge in [0.15, 0.2) is 0 Å². The number of halogens is 3. The number of aromatic nitrogens is 1. The molecule has 0 fully saturated rings. The molecule has 0 saturated heterocycles. The molecule has 0 spiro atoms. The van der Waals surface area contributed by atoms with Gasteiger partial charge in [-0.3, -0.25) is 14.4 Å². The zero-order chi connectivity index (χ0) is 36.2. The van der Waals surface area contributed by atoms with Gasteiger partial charge in [-0.05, 0) is 90.9 Å². The molecule has 1 N–H and O–H groups in total. The third kappa shape index (κ3) is 8.02. The molecular weight excluding hydrogens is 651 g/mol. The summed E-state index contributed by atoms with van der Waals surface area (Å²) in [6, 6.07) is 17.7. The van der Waals surface area contributed by atoms with Gasteiger partial charge < -0.3 is 19.7 Å². The van der Waals surface area contributed by atoms with Gasteiger partial charge in [0.2, 0.25) is 0 Å². The summed E-state index contributed by atoms with van der Waals surface area (Å²) in [4.78, 5) is 57.8. The van der Waals surface area contributed by atoms with Crippen molar-refractivity contribution >= 4 is 29.4 Å². The Hall–Kier alpha value is -5.52. The van der Waals surface area contributed by atoms with Crippen LogP contribution >= 0.6 is 0 Å². The molecule has 1 aromatic heterocycles. The molecule has 1 aliphatic carbocycles. The van der Waals surface area contributed by atoms with Crippen LogP contribution in [-0.4, -0.2) is 60.9 Å². The molecule has 1 heterocycles. The normalized spacial score (nSPS) is 13.7. The summed E-state index contributed by atoms with van der Waals surface area (Å²) in [7, 11) is 3.11. The Balaban J connectivity index is 1.32. The molecule has 3 aromatic carbocycles. The van der Waals surface area contributed by atoms with Crippen LogP contribution in [0.4, 0.5) is 18.9 Å². The molecule has 1 unspecified atom stereocenters. The quantitative estimate of drug-likeness (QED) is 0.178. The molecule has 4 aromatic rings. The maximum absolute atomic E-state index is 13.7. The van der Waals surface area contributed by atoms with Crippen LogP contribution in [-0.2, 0) is 33.3 Å². The summed E-state index contributed by atoms with van der Waals surface area (Å²) < 4.78 is 50.2. The number of nitrogens with one attached hydrogen (secondary N) is 1. The zero-order valence-electron chi connectivity index (χ0n) is 28.0. The predicted octanol–water partition coefficient (Wildman–Crippen LogP) is 7.02. The van der Waals surface area contributed by atoms with Crippen molar-refractivity contribution in [3.63, 3.8) is 0 Å². The Morgan fingerprint density at radius 3 is 2.36 bits per heavy atom. The highest BCUT2D eigenvalue weighted by molar-refractivity contribution is 6.12.